The number of hydrogen-bond acceptors (Lipinski definition) is 5. The fourth-order valence-corrected chi connectivity index (χ4v) is 2.93. The van der Waals surface area contributed by atoms with Gasteiger partial charge in [0.05, 0.1) is 13.7 Å². The minimum absolute atomic E-state index is 0.0981. The zero-order chi connectivity index (χ0) is 16.9. The number of methoxy groups -OCH3 is 1. The first kappa shape index (κ1) is 16.6. The number of cyclic esters (lactones) is 1. The highest BCUT2D eigenvalue weighted by molar-refractivity contribution is 5.87. The second-order valence-electron chi connectivity index (χ2n) is 6.04. The maximum atomic E-state index is 12.4. The molecule has 2 aliphatic heterocycles. The van der Waals surface area contributed by atoms with E-state index in [1.807, 2.05) is 24.3 Å². The van der Waals surface area contributed by atoms with Gasteiger partial charge in [-0.15, -0.1) is 0 Å². The van der Waals surface area contributed by atoms with Crippen LogP contribution in [0.3, 0.4) is 0 Å². The fourth-order valence-electron chi connectivity index (χ4n) is 2.93. The third-order valence-electron chi connectivity index (χ3n) is 4.38. The lowest BCUT2D eigenvalue weighted by Crippen LogP contribution is -2.47. The molecule has 130 valence electrons. The largest absolute Gasteiger partial charge is 0.497 e. The Bertz CT molecular complexity index is 583. The lowest BCUT2D eigenvalue weighted by molar-refractivity contribution is -0.125. The smallest absolute Gasteiger partial charge is 0.410 e. The molecular weight excluding hydrogens is 312 g/mol. The van der Waals surface area contributed by atoms with Gasteiger partial charge < -0.3 is 19.5 Å². The highest BCUT2D eigenvalue weighted by Crippen LogP contribution is 2.20. The summed E-state index contributed by atoms with van der Waals surface area (Å²) in [5.41, 5.74) is 0.963. The zero-order valence-electron chi connectivity index (χ0n) is 13.7. The van der Waals surface area contributed by atoms with Crippen molar-refractivity contribution in [3.63, 3.8) is 0 Å². The molecule has 1 aromatic rings. The van der Waals surface area contributed by atoms with Gasteiger partial charge in [-0.1, -0.05) is 12.1 Å². The van der Waals surface area contributed by atoms with Crippen molar-refractivity contribution in [1.29, 1.82) is 0 Å². The summed E-state index contributed by atoms with van der Waals surface area (Å²) in [5, 5.41) is 2.87. The number of nitrogens with zero attached hydrogens (tertiary/aromatic N) is 1. The van der Waals surface area contributed by atoms with Crippen LogP contribution in [0, 0.1) is 5.92 Å². The molecule has 1 unspecified atom stereocenters. The number of benzene rings is 1. The van der Waals surface area contributed by atoms with E-state index in [9.17, 15) is 9.59 Å². The van der Waals surface area contributed by atoms with Crippen LogP contribution in [0.1, 0.15) is 12.0 Å². The van der Waals surface area contributed by atoms with Crippen LogP contribution in [-0.4, -0.2) is 56.4 Å². The topological polar surface area (TPSA) is 77.1 Å². The van der Waals surface area contributed by atoms with E-state index in [1.165, 1.54) is 4.90 Å². The number of rotatable bonds is 6. The Morgan fingerprint density at radius 1 is 1.33 bits per heavy atom. The molecule has 2 heterocycles. The minimum atomic E-state index is -0.573. The highest BCUT2D eigenvalue weighted by atomic mass is 16.6. The number of ether oxygens (including phenoxy) is 3. The van der Waals surface area contributed by atoms with Crippen molar-refractivity contribution >= 4 is 12.0 Å². The van der Waals surface area contributed by atoms with Crippen LogP contribution < -0.4 is 10.1 Å². The molecule has 3 rings (SSSR count). The van der Waals surface area contributed by atoms with E-state index in [1.54, 1.807) is 7.11 Å². The standard InChI is InChI=1S/C17H22N2O5/c1-22-14-4-2-12(3-5-14)8-18-16(20)15-11-24-17(21)19(15)9-13-6-7-23-10-13/h2-5,13,15H,6-11H2,1H3,(H,18,20)/t13?,15-/m0/s1. The molecule has 0 radical (unpaired) electrons. The van der Waals surface area contributed by atoms with E-state index >= 15 is 0 Å². The lowest BCUT2D eigenvalue weighted by atomic mass is 10.1. The van der Waals surface area contributed by atoms with Gasteiger partial charge >= 0.3 is 6.09 Å². The van der Waals surface area contributed by atoms with Crippen LogP contribution in [0.5, 0.6) is 5.75 Å². The Morgan fingerprint density at radius 3 is 2.79 bits per heavy atom. The molecule has 24 heavy (non-hydrogen) atoms. The molecule has 7 nitrogen and oxygen atoms in total. The monoisotopic (exact) mass is 334 g/mol. The number of hydrogen-bond donors (Lipinski definition) is 1. The first-order valence-electron chi connectivity index (χ1n) is 8.09. The quantitative estimate of drug-likeness (QED) is 0.845. The molecule has 0 bridgehead atoms. The van der Waals surface area contributed by atoms with E-state index in [0.29, 0.717) is 26.3 Å². The van der Waals surface area contributed by atoms with Crippen molar-refractivity contribution in [3.8, 4) is 5.75 Å². The fraction of sp³-hybridized carbons (Fsp3) is 0.529. The second-order valence-corrected chi connectivity index (χ2v) is 6.04. The minimum Gasteiger partial charge on any atom is -0.497 e. The van der Waals surface area contributed by atoms with Crippen LogP contribution in [0.2, 0.25) is 0 Å². The highest BCUT2D eigenvalue weighted by Gasteiger charge is 2.39. The van der Waals surface area contributed by atoms with Gasteiger partial charge in [0.25, 0.3) is 0 Å². The molecule has 2 amide bonds. The average molecular weight is 334 g/mol. The van der Waals surface area contributed by atoms with Gasteiger partial charge in [-0.05, 0) is 24.1 Å². The molecule has 0 spiro atoms. The van der Waals surface area contributed by atoms with Crippen LogP contribution in [0.25, 0.3) is 0 Å². The van der Waals surface area contributed by atoms with E-state index in [2.05, 4.69) is 5.32 Å². The molecule has 2 fully saturated rings. The number of carbonyl (C=O) groups excluding carboxylic acids is 2. The Hall–Kier alpha value is -2.28. The van der Waals surface area contributed by atoms with Crippen molar-refractivity contribution in [1.82, 2.24) is 10.2 Å². The molecule has 1 N–H and O–H groups in total. The predicted octanol–water partition coefficient (Wildman–Crippen LogP) is 1.17. The lowest BCUT2D eigenvalue weighted by Gasteiger charge is -2.23. The van der Waals surface area contributed by atoms with Crippen molar-refractivity contribution in [3.05, 3.63) is 29.8 Å². The third kappa shape index (κ3) is 3.79. The van der Waals surface area contributed by atoms with Crippen LogP contribution in [0.4, 0.5) is 4.79 Å². The molecule has 0 aliphatic carbocycles. The van der Waals surface area contributed by atoms with Crippen LogP contribution >= 0.6 is 0 Å². The summed E-state index contributed by atoms with van der Waals surface area (Å²) in [6.45, 7) is 2.33. The SMILES string of the molecule is COc1ccc(CNC(=O)[C@@H]2COC(=O)N2CC2CCOC2)cc1. The summed E-state index contributed by atoms with van der Waals surface area (Å²) in [4.78, 5) is 25.8. The van der Waals surface area contributed by atoms with Crippen LogP contribution in [0.15, 0.2) is 24.3 Å². The zero-order valence-corrected chi connectivity index (χ0v) is 13.7. The first-order chi connectivity index (χ1) is 11.7. The third-order valence-corrected chi connectivity index (χ3v) is 4.38. The summed E-state index contributed by atoms with van der Waals surface area (Å²) in [6.07, 6.45) is 0.482. The number of amides is 2. The van der Waals surface area contributed by atoms with Crippen molar-refractivity contribution < 1.29 is 23.8 Å². The molecule has 2 saturated heterocycles. The van der Waals surface area contributed by atoms with Gasteiger partial charge in [-0.2, -0.15) is 0 Å². The summed E-state index contributed by atoms with van der Waals surface area (Å²) in [5.74, 6) is 0.841. The van der Waals surface area contributed by atoms with Gasteiger partial charge in [0, 0.05) is 25.6 Å². The van der Waals surface area contributed by atoms with Crippen molar-refractivity contribution in [2.24, 2.45) is 5.92 Å². The van der Waals surface area contributed by atoms with E-state index < -0.39 is 12.1 Å². The first-order valence-corrected chi connectivity index (χ1v) is 8.09. The Morgan fingerprint density at radius 2 is 2.12 bits per heavy atom. The Kier molecular flexibility index (Phi) is 5.20. The van der Waals surface area contributed by atoms with Crippen molar-refractivity contribution in [2.45, 2.75) is 19.0 Å². The Labute approximate surface area is 140 Å². The maximum Gasteiger partial charge on any atom is 0.410 e. The molecule has 0 aromatic heterocycles. The summed E-state index contributed by atoms with van der Waals surface area (Å²) < 4.78 is 15.5. The van der Waals surface area contributed by atoms with Crippen molar-refractivity contribution in [2.75, 3.05) is 33.5 Å². The van der Waals surface area contributed by atoms with Gasteiger partial charge in [0.2, 0.25) is 5.91 Å². The van der Waals surface area contributed by atoms with Gasteiger partial charge in [0.1, 0.15) is 18.4 Å². The second kappa shape index (κ2) is 7.53. The molecule has 0 saturated carbocycles. The summed E-state index contributed by atoms with van der Waals surface area (Å²) >= 11 is 0. The average Bonchev–Trinajstić information content (AvgIpc) is 3.24. The number of nitrogens with one attached hydrogen (secondary N) is 1. The van der Waals surface area contributed by atoms with Gasteiger partial charge in [0.15, 0.2) is 0 Å². The summed E-state index contributed by atoms with van der Waals surface area (Å²) in [6, 6.07) is 6.90. The molecular formula is C17H22N2O5. The van der Waals surface area contributed by atoms with E-state index in [4.69, 9.17) is 14.2 Å². The molecule has 2 atom stereocenters. The van der Waals surface area contributed by atoms with Gasteiger partial charge in [-0.3, -0.25) is 9.69 Å². The molecule has 7 heteroatoms. The summed E-state index contributed by atoms with van der Waals surface area (Å²) in [7, 11) is 1.61. The maximum absolute atomic E-state index is 12.4. The van der Waals surface area contributed by atoms with Crippen LogP contribution in [-0.2, 0) is 20.8 Å². The molecule has 2 aliphatic rings. The van der Waals surface area contributed by atoms with E-state index in [0.717, 1.165) is 17.7 Å². The molecule has 1 aromatic carbocycles. The van der Waals surface area contributed by atoms with Gasteiger partial charge in [-0.25, -0.2) is 4.79 Å². The Balaban J connectivity index is 1.55. The normalized spacial score (nSPS) is 23.2. The number of carbonyl (C=O) groups is 2. The predicted molar refractivity (Wildman–Crippen MR) is 85.6 cm³/mol. The van der Waals surface area contributed by atoms with E-state index in [-0.39, 0.29) is 18.4 Å².